The van der Waals surface area contributed by atoms with E-state index in [1.54, 1.807) is 0 Å². The first kappa shape index (κ1) is 16.0. The molecule has 1 aromatic rings. The van der Waals surface area contributed by atoms with E-state index in [4.69, 9.17) is 4.74 Å². The van der Waals surface area contributed by atoms with Crippen LogP contribution in [0.2, 0.25) is 19.6 Å². The Bertz CT molecular complexity index is 536. The molecule has 1 aliphatic carbocycles. The summed E-state index contributed by atoms with van der Waals surface area (Å²) < 4.78 is 6.20. The molecule has 1 saturated carbocycles. The quantitative estimate of drug-likeness (QED) is 0.624. The zero-order valence-electron chi connectivity index (χ0n) is 13.2. The third-order valence-corrected chi connectivity index (χ3v) is 4.51. The summed E-state index contributed by atoms with van der Waals surface area (Å²) in [6, 6.07) is 10.2. The van der Waals surface area contributed by atoms with Crippen molar-refractivity contribution in [2.75, 3.05) is 0 Å². The number of Topliss-reactive ketones (excluding diaryl/α,β-unsaturated/α-hetero) is 1. The van der Waals surface area contributed by atoms with E-state index in [9.17, 15) is 4.79 Å². The number of carbonyl (C=O) groups is 1. The van der Waals surface area contributed by atoms with Crippen LogP contribution in [0.1, 0.15) is 31.2 Å². The minimum Gasteiger partial charge on any atom is -0.358 e. The van der Waals surface area contributed by atoms with E-state index in [0.29, 0.717) is 25.2 Å². The van der Waals surface area contributed by atoms with Crippen molar-refractivity contribution in [3.8, 4) is 11.5 Å². The first-order valence-corrected chi connectivity index (χ1v) is 11.1. The number of ether oxygens (including phenoxy) is 1. The van der Waals surface area contributed by atoms with Gasteiger partial charge in [-0.25, -0.2) is 0 Å². The first-order chi connectivity index (χ1) is 9.89. The molecule has 0 amide bonds. The average molecular weight is 300 g/mol. The van der Waals surface area contributed by atoms with Gasteiger partial charge in [-0.3, -0.25) is 4.79 Å². The molecule has 0 aliphatic heterocycles. The van der Waals surface area contributed by atoms with Gasteiger partial charge in [-0.2, -0.15) is 0 Å². The maximum Gasteiger partial charge on any atom is 0.133 e. The maximum absolute atomic E-state index is 11.5. The standard InChI is InChI=1S/C18H24O2Si/c1-21(2,3)14-13-18(11-9-17(19)10-12-18)20-15-16-7-5-4-6-8-16/h4-8H,9-12,15H2,1-3H3. The van der Waals surface area contributed by atoms with Crippen LogP contribution < -0.4 is 0 Å². The third-order valence-electron chi connectivity index (χ3n) is 3.64. The van der Waals surface area contributed by atoms with Crippen molar-refractivity contribution in [1.29, 1.82) is 0 Å². The summed E-state index contributed by atoms with van der Waals surface area (Å²) in [6.45, 7) is 7.27. The van der Waals surface area contributed by atoms with E-state index >= 15 is 0 Å². The summed E-state index contributed by atoms with van der Waals surface area (Å²) in [7, 11) is -1.44. The molecule has 0 spiro atoms. The second kappa shape index (κ2) is 6.59. The maximum atomic E-state index is 11.5. The van der Waals surface area contributed by atoms with Crippen LogP contribution in [0.25, 0.3) is 0 Å². The highest BCUT2D eigenvalue weighted by Gasteiger charge is 2.34. The van der Waals surface area contributed by atoms with E-state index in [2.05, 4.69) is 43.2 Å². The Hall–Kier alpha value is -1.37. The largest absolute Gasteiger partial charge is 0.358 e. The number of ketones is 1. The second-order valence-corrected chi connectivity index (χ2v) is 11.6. The third kappa shape index (κ3) is 5.15. The zero-order valence-corrected chi connectivity index (χ0v) is 14.2. The average Bonchev–Trinajstić information content (AvgIpc) is 2.46. The lowest BCUT2D eigenvalue weighted by molar-refractivity contribution is -0.126. The van der Waals surface area contributed by atoms with Crippen LogP contribution in [0.5, 0.6) is 0 Å². The Kier molecular flexibility index (Phi) is 5.03. The van der Waals surface area contributed by atoms with Crippen molar-refractivity contribution in [3.05, 3.63) is 35.9 Å². The molecular formula is C18H24O2Si. The molecule has 2 rings (SSSR count). The van der Waals surface area contributed by atoms with Crippen LogP contribution >= 0.6 is 0 Å². The van der Waals surface area contributed by atoms with Crippen LogP contribution in [-0.2, 0) is 16.1 Å². The number of hydrogen-bond donors (Lipinski definition) is 0. The van der Waals surface area contributed by atoms with Crippen LogP contribution in [0.3, 0.4) is 0 Å². The zero-order chi connectivity index (χ0) is 15.3. The van der Waals surface area contributed by atoms with Crippen molar-refractivity contribution in [2.45, 2.75) is 57.5 Å². The lowest BCUT2D eigenvalue weighted by atomic mass is 9.84. The molecule has 0 saturated heterocycles. The summed E-state index contributed by atoms with van der Waals surface area (Å²) in [6.07, 6.45) is 2.65. The van der Waals surface area contributed by atoms with Crippen LogP contribution in [0, 0.1) is 11.5 Å². The summed E-state index contributed by atoms with van der Waals surface area (Å²) >= 11 is 0. The van der Waals surface area contributed by atoms with Gasteiger partial charge in [0.15, 0.2) is 0 Å². The molecular weight excluding hydrogens is 276 g/mol. The van der Waals surface area contributed by atoms with Crippen LogP contribution in [-0.4, -0.2) is 19.5 Å². The number of carbonyl (C=O) groups excluding carboxylic acids is 1. The van der Waals surface area contributed by atoms with E-state index in [1.807, 2.05) is 18.2 Å². The highest BCUT2D eigenvalue weighted by atomic mass is 28.3. The van der Waals surface area contributed by atoms with Gasteiger partial charge in [0.2, 0.25) is 0 Å². The molecule has 0 atom stereocenters. The minimum atomic E-state index is -1.44. The molecule has 1 fully saturated rings. The van der Waals surface area contributed by atoms with E-state index in [0.717, 1.165) is 18.4 Å². The Balaban J connectivity index is 2.12. The fourth-order valence-electron chi connectivity index (χ4n) is 2.34. The Morgan fingerprint density at radius 1 is 1.14 bits per heavy atom. The predicted molar refractivity (Wildman–Crippen MR) is 88.6 cm³/mol. The summed E-state index contributed by atoms with van der Waals surface area (Å²) in [5.41, 5.74) is 4.17. The van der Waals surface area contributed by atoms with Gasteiger partial charge in [0.25, 0.3) is 0 Å². The smallest absolute Gasteiger partial charge is 0.133 e. The Morgan fingerprint density at radius 3 is 2.33 bits per heavy atom. The molecule has 1 aromatic carbocycles. The highest BCUT2D eigenvalue weighted by molar-refractivity contribution is 6.83. The summed E-state index contributed by atoms with van der Waals surface area (Å²) in [4.78, 5) is 11.5. The van der Waals surface area contributed by atoms with Gasteiger partial charge in [-0.15, -0.1) is 5.54 Å². The first-order valence-electron chi connectivity index (χ1n) is 7.63. The Morgan fingerprint density at radius 2 is 1.76 bits per heavy atom. The minimum absolute atomic E-state index is 0.337. The van der Waals surface area contributed by atoms with Crippen LogP contribution in [0.4, 0.5) is 0 Å². The van der Waals surface area contributed by atoms with Gasteiger partial charge < -0.3 is 4.74 Å². The molecule has 1 aliphatic rings. The topological polar surface area (TPSA) is 26.3 Å². The highest BCUT2D eigenvalue weighted by Crippen LogP contribution is 2.30. The lowest BCUT2D eigenvalue weighted by Crippen LogP contribution is -2.36. The van der Waals surface area contributed by atoms with E-state index in [-0.39, 0.29) is 0 Å². The molecule has 3 heteroatoms. The van der Waals surface area contributed by atoms with Gasteiger partial charge in [-0.05, 0) is 18.4 Å². The molecule has 0 heterocycles. The van der Waals surface area contributed by atoms with Gasteiger partial charge in [0.05, 0.1) is 6.61 Å². The molecule has 21 heavy (non-hydrogen) atoms. The van der Waals surface area contributed by atoms with Crippen molar-refractivity contribution in [1.82, 2.24) is 0 Å². The molecule has 0 N–H and O–H groups in total. The van der Waals surface area contributed by atoms with Gasteiger partial charge >= 0.3 is 0 Å². The molecule has 0 unspecified atom stereocenters. The molecule has 0 radical (unpaired) electrons. The Labute approximate surface area is 128 Å². The fraction of sp³-hybridized carbons (Fsp3) is 0.500. The number of rotatable bonds is 3. The van der Waals surface area contributed by atoms with Crippen molar-refractivity contribution < 1.29 is 9.53 Å². The summed E-state index contributed by atoms with van der Waals surface area (Å²) in [5, 5.41) is 0. The molecule has 0 bridgehead atoms. The normalized spacial score (nSPS) is 18.0. The van der Waals surface area contributed by atoms with Crippen molar-refractivity contribution in [3.63, 3.8) is 0 Å². The SMILES string of the molecule is C[Si](C)(C)C#CC1(OCc2ccccc2)CCC(=O)CC1. The summed E-state index contributed by atoms with van der Waals surface area (Å²) in [5.74, 6) is 3.74. The second-order valence-electron chi connectivity index (χ2n) is 6.81. The van der Waals surface area contributed by atoms with Gasteiger partial charge in [0, 0.05) is 12.8 Å². The molecule has 112 valence electrons. The van der Waals surface area contributed by atoms with Crippen molar-refractivity contribution >= 4 is 13.9 Å². The van der Waals surface area contributed by atoms with E-state index in [1.165, 1.54) is 0 Å². The van der Waals surface area contributed by atoms with E-state index < -0.39 is 13.7 Å². The van der Waals surface area contributed by atoms with Crippen molar-refractivity contribution in [2.24, 2.45) is 0 Å². The fourth-order valence-corrected chi connectivity index (χ4v) is 2.94. The van der Waals surface area contributed by atoms with Gasteiger partial charge in [-0.1, -0.05) is 55.9 Å². The number of benzene rings is 1. The van der Waals surface area contributed by atoms with Gasteiger partial charge in [0.1, 0.15) is 19.5 Å². The predicted octanol–water partition coefficient (Wildman–Crippen LogP) is 3.97. The lowest BCUT2D eigenvalue weighted by Gasteiger charge is -2.32. The molecule has 0 aromatic heterocycles. The monoisotopic (exact) mass is 300 g/mol. The number of hydrogen-bond acceptors (Lipinski definition) is 2. The molecule has 2 nitrogen and oxygen atoms in total. The van der Waals surface area contributed by atoms with Crippen LogP contribution in [0.15, 0.2) is 30.3 Å².